The van der Waals surface area contributed by atoms with E-state index in [-0.39, 0.29) is 30.2 Å². The summed E-state index contributed by atoms with van der Waals surface area (Å²) in [4.78, 5) is 12.2. The van der Waals surface area contributed by atoms with Gasteiger partial charge in [0.1, 0.15) is 11.9 Å². The van der Waals surface area contributed by atoms with Crippen molar-refractivity contribution in [2.24, 2.45) is 5.73 Å². The van der Waals surface area contributed by atoms with Crippen LogP contribution < -0.4 is 20.5 Å². The molecule has 1 aromatic rings. The molecule has 1 aromatic carbocycles. The van der Waals surface area contributed by atoms with E-state index in [0.717, 1.165) is 6.42 Å². The summed E-state index contributed by atoms with van der Waals surface area (Å²) in [6.45, 7) is 1.93. The standard InChI is InChI=1S/C15H23N3O5S.ClH/c1-3-24(20,21)18-12-6-4-10(8-14(12)22-2)17-15(19)13-7-5-11(9-16)23-13;/h4,6,8,11,13,18H,3,5,7,9,16H2,1-2H3,(H,17,19);1H/t11-,13+;/m1./s1. The van der Waals surface area contributed by atoms with Crippen LogP contribution in [0, 0.1) is 0 Å². The molecular weight excluding hydrogens is 370 g/mol. The van der Waals surface area contributed by atoms with Gasteiger partial charge in [0, 0.05) is 18.3 Å². The predicted octanol–water partition coefficient (Wildman–Crippen LogP) is 1.32. The van der Waals surface area contributed by atoms with Crippen molar-refractivity contribution in [3.05, 3.63) is 18.2 Å². The maximum atomic E-state index is 12.2. The van der Waals surface area contributed by atoms with Gasteiger partial charge in [0.25, 0.3) is 5.91 Å². The average Bonchev–Trinajstić information content (AvgIpc) is 3.05. The Bertz CT molecular complexity index is 698. The summed E-state index contributed by atoms with van der Waals surface area (Å²) in [6.07, 6.45) is 0.776. The molecule has 4 N–H and O–H groups in total. The lowest BCUT2D eigenvalue weighted by Crippen LogP contribution is -2.29. The van der Waals surface area contributed by atoms with Gasteiger partial charge in [-0.15, -0.1) is 12.4 Å². The highest BCUT2D eigenvalue weighted by Gasteiger charge is 2.30. The third-order valence-corrected chi connectivity index (χ3v) is 5.07. The smallest absolute Gasteiger partial charge is 0.253 e. The molecule has 1 aliphatic heterocycles. The van der Waals surface area contributed by atoms with E-state index in [9.17, 15) is 13.2 Å². The number of hydrogen-bond acceptors (Lipinski definition) is 6. The first-order chi connectivity index (χ1) is 11.4. The molecule has 0 spiro atoms. The Balaban J connectivity index is 0.00000312. The molecular formula is C15H24ClN3O5S. The van der Waals surface area contributed by atoms with Gasteiger partial charge in [-0.2, -0.15) is 0 Å². The van der Waals surface area contributed by atoms with Crippen molar-refractivity contribution in [2.45, 2.75) is 32.0 Å². The van der Waals surface area contributed by atoms with Gasteiger partial charge < -0.3 is 20.5 Å². The molecule has 0 saturated carbocycles. The van der Waals surface area contributed by atoms with Gasteiger partial charge >= 0.3 is 0 Å². The summed E-state index contributed by atoms with van der Waals surface area (Å²) < 4.78 is 36.5. The summed E-state index contributed by atoms with van der Waals surface area (Å²) in [7, 11) is -1.99. The van der Waals surface area contributed by atoms with Gasteiger partial charge in [-0.1, -0.05) is 0 Å². The Morgan fingerprint density at radius 3 is 2.68 bits per heavy atom. The molecule has 1 aliphatic rings. The van der Waals surface area contributed by atoms with E-state index < -0.39 is 16.1 Å². The highest BCUT2D eigenvalue weighted by molar-refractivity contribution is 7.92. The lowest BCUT2D eigenvalue weighted by atomic mass is 10.2. The minimum Gasteiger partial charge on any atom is -0.494 e. The molecule has 1 amide bonds. The molecule has 0 aliphatic carbocycles. The molecule has 2 rings (SSSR count). The van der Waals surface area contributed by atoms with Crippen LogP contribution in [-0.4, -0.2) is 45.9 Å². The summed E-state index contributed by atoms with van der Waals surface area (Å²) in [5, 5.41) is 2.75. The highest BCUT2D eigenvalue weighted by atomic mass is 35.5. The lowest BCUT2D eigenvalue weighted by molar-refractivity contribution is -0.126. The van der Waals surface area contributed by atoms with Crippen LogP contribution in [0.1, 0.15) is 19.8 Å². The first kappa shape index (κ1) is 21.5. The van der Waals surface area contributed by atoms with Crippen molar-refractivity contribution >= 4 is 39.7 Å². The second kappa shape index (κ2) is 9.23. The Morgan fingerprint density at radius 1 is 1.40 bits per heavy atom. The van der Waals surface area contributed by atoms with Crippen LogP contribution in [0.2, 0.25) is 0 Å². The summed E-state index contributed by atoms with van der Waals surface area (Å²) >= 11 is 0. The zero-order chi connectivity index (χ0) is 17.7. The van der Waals surface area contributed by atoms with Crippen molar-refractivity contribution in [1.82, 2.24) is 0 Å². The van der Waals surface area contributed by atoms with Crippen LogP contribution in [0.25, 0.3) is 0 Å². The highest BCUT2D eigenvalue weighted by Crippen LogP contribution is 2.29. The van der Waals surface area contributed by atoms with Crippen LogP contribution in [0.3, 0.4) is 0 Å². The zero-order valence-electron chi connectivity index (χ0n) is 14.2. The van der Waals surface area contributed by atoms with Gasteiger partial charge in [0.15, 0.2) is 0 Å². The SMILES string of the molecule is CCS(=O)(=O)Nc1ccc(NC(=O)[C@@H]2CC[C@H](CN)O2)cc1OC.Cl. The number of carbonyl (C=O) groups excluding carboxylic acids is 1. The summed E-state index contributed by atoms with van der Waals surface area (Å²) in [5.41, 5.74) is 6.35. The molecule has 0 radical (unpaired) electrons. The molecule has 8 nitrogen and oxygen atoms in total. The predicted molar refractivity (Wildman–Crippen MR) is 98.9 cm³/mol. The van der Waals surface area contributed by atoms with E-state index in [2.05, 4.69) is 10.0 Å². The molecule has 1 heterocycles. The van der Waals surface area contributed by atoms with E-state index in [1.54, 1.807) is 25.1 Å². The number of hydrogen-bond donors (Lipinski definition) is 3. The minimum atomic E-state index is -3.41. The van der Waals surface area contributed by atoms with Crippen LogP contribution in [-0.2, 0) is 19.6 Å². The number of halogens is 1. The first-order valence-corrected chi connectivity index (χ1v) is 9.38. The fourth-order valence-corrected chi connectivity index (χ4v) is 3.04. The first-order valence-electron chi connectivity index (χ1n) is 7.73. The number of anilines is 2. The van der Waals surface area contributed by atoms with Gasteiger partial charge in [-0.3, -0.25) is 9.52 Å². The number of sulfonamides is 1. The maximum Gasteiger partial charge on any atom is 0.253 e. The number of nitrogens with one attached hydrogen (secondary N) is 2. The van der Waals surface area contributed by atoms with Crippen molar-refractivity contribution < 1.29 is 22.7 Å². The normalized spacial score (nSPS) is 19.8. The monoisotopic (exact) mass is 393 g/mol. The van der Waals surface area contributed by atoms with Crippen LogP contribution >= 0.6 is 12.4 Å². The minimum absolute atomic E-state index is 0. The van der Waals surface area contributed by atoms with Gasteiger partial charge in [0.05, 0.1) is 24.7 Å². The van der Waals surface area contributed by atoms with E-state index in [1.165, 1.54) is 7.11 Å². The number of nitrogens with two attached hydrogens (primary N) is 1. The van der Waals surface area contributed by atoms with E-state index in [1.807, 2.05) is 0 Å². The summed E-state index contributed by atoms with van der Waals surface area (Å²) in [6, 6.07) is 4.70. The van der Waals surface area contributed by atoms with Crippen molar-refractivity contribution in [1.29, 1.82) is 0 Å². The van der Waals surface area contributed by atoms with E-state index >= 15 is 0 Å². The van der Waals surface area contributed by atoms with E-state index in [4.69, 9.17) is 15.2 Å². The Hall–Kier alpha value is -1.55. The Labute approximate surface area is 153 Å². The number of carbonyl (C=O) groups is 1. The molecule has 1 saturated heterocycles. The zero-order valence-corrected chi connectivity index (χ0v) is 15.8. The average molecular weight is 394 g/mol. The number of ether oxygens (including phenoxy) is 2. The molecule has 0 aromatic heterocycles. The van der Waals surface area contributed by atoms with Crippen molar-refractivity contribution in [2.75, 3.05) is 29.4 Å². The van der Waals surface area contributed by atoms with Gasteiger partial charge in [-0.25, -0.2) is 8.42 Å². The molecule has 0 bridgehead atoms. The Morgan fingerprint density at radius 2 is 2.12 bits per heavy atom. The molecule has 142 valence electrons. The lowest BCUT2D eigenvalue weighted by Gasteiger charge is -2.15. The number of benzene rings is 1. The maximum absolute atomic E-state index is 12.2. The molecule has 25 heavy (non-hydrogen) atoms. The third-order valence-electron chi connectivity index (χ3n) is 3.78. The largest absolute Gasteiger partial charge is 0.494 e. The second-order valence-corrected chi connectivity index (χ2v) is 7.48. The number of methoxy groups -OCH3 is 1. The van der Waals surface area contributed by atoms with Crippen molar-refractivity contribution in [3.8, 4) is 5.75 Å². The molecule has 0 unspecified atom stereocenters. The molecule has 1 fully saturated rings. The van der Waals surface area contributed by atoms with Gasteiger partial charge in [0.2, 0.25) is 10.0 Å². The second-order valence-electron chi connectivity index (χ2n) is 5.47. The Kier molecular flexibility index (Phi) is 7.94. The molecule has 2 atom stereocenters. The number of amides is 1. The summed E-state index contributed by atoms with van der Waals surface area (Å²) in [5.74, 6) is 0.0163. The number of rotatable bonds is 7. The van der Waals surface area contributed by atoms with Gasteiger partial charge in [-0.05, 0) is 31.9 Å². The fraction of sp³-hybridized carbons (Fsp3) is 0.533. The van der Waals surface area contributed by atoms with Crippen LogP contribution in [0.4, 0.5) is 11.4 Å². The quantitative estimate of drug-likeness (QED) is 0.642. The van der Waals surface area contributed by atoms with Crippen LogP contribution in [0.15, 0.2) is 18.2 Å². The third kappa shape index (κ3) is 5.74. The topological polar surface area (TPSA) is 120 Å². The van der Waals surface area contributed by atoms with Crippen LogP contribution in [0.5, 0.6) is 5.75 Å². The van der Waals surface area contributed by atoms with E-state index in [0.29, 0.717) is 30.1 Å². The van der Waals surface area contributed by atoms with Crippen molar-refractivity contribution in [3.63, 3.8) is 0 Å². The molecule has 10 heteroatoms. The fourth-order valence-electron chi connectivity index (χ4n) is 2.39.